The van der Waals surface area contributed by atoms with Gasteiger partial charge < -0.3 is 8.83 Å². The summed E-state index contributed by atoms with van der Waals surface area (Å²) in [6.45, 7) is 0. The van der Waals surface area contributed by atoms with Crippen molar-refractivity contribution >= 4 is 130 Å². The molecule has 6 heterocycles. The van der Waals surface area contributed by atoms with Gasteiger partial charge in [0.1, 0.15) is 22.3 Å². The molecular weight excluding hydrogens is 1240 g/mol. The second-order valence-electron chi connectivity index (χ2n) is 25.6. The van der Waals surface area contributed by atoms with Crippen molar-refractivity contribution in [3.05, 3.63) is 309 Å². The third-order valence-corrected chi connectivity index (χ3v) is 21.1. The van der Waals surface area contributed by atoms with Crippen molar-refractivity contribution in [2.75, 3.05) is 0 Å². The van der Waals surface area contributed by atoms with Crippen LogP contribution in [0.15, 0.2) is 318 Å². The second kappa shape index (κ2) is 22.1. The molecule has 0 amide bonds. The number of hydrogen-bond acceptors (Lipinski definition) is 9. The lowest BCUT2D eigenvalue weighted by atomic mass is 9.91. The van der Waals surface area contributed by atoms with E-state index in [9.17, 15) is 0 Å². The van der Waals surface area contributed by atoms with Gasteiger partial charge in [0.05, 0.1) is 11.0 Å². The average Bonchev–Trinajstić information content (AvgIpc) is 1.53. The molecule has 0 aliphatic heterocycles. The highest BCUT2D eigenvalue weighted by Gasteiger charge is 2.25. The molecule has 0 spiro atoms. The number of benzene rings is 15. The molecule has 0 atom stereocenters. The second-order valence-corrected chi connectivity index (χ2v) is 26.6. The fourth-order valence-corrected chi connectivity index (χ4v) is 16.6. The summed E-state index contributed by atoms with van der Waals surface area (Å²) in [5, 5.41) is 16.1. The van der Waals surface area contributed by atoms with Gasteiger partial charge in [-0.25, -0.2) is 19.9 Å². The SMILES string of the molecule is c1ccc(-c2nc(-c3ccc4c(c3)oc3cccc(-c5ccc6c7ccccc7c7ccccc7c6c5)c34)nc(-c3cccc4c3sc3ccc(-c5cccc6c5c5ccccc5n6-c5nc(-c6ccccc6)nc(-c6ccc7c(c6)oc6cccc(-c8ccccc8)c67)n5)cc34)n2)cc1. The number of aromatic nitrogens is 7. The van der Waals surface area contributed by atoms with Crippen molar-refractivity contribution in [3.63, 3.8) is 0 Å². The average molecular weight is 1290 g/mol. The van der Waals surface area contributed by atoms with Crippen LogP contribution in [0.1, 0.15) is 0 Å². The number of para-hydroxylation sites is 1. The number of hydrogen-bond donors (Lipinski definition) is 0. The van der Waals surface area contributed by atoms with Gasteiger partial charge in [0, 0.05) is 80.3 Å². The van der Waals surface area contributed by atoms with Crippen LogP contribution in [-0.4, -0.2) is 34.5 Å². The van der Waals surface area contributed by atoms with E-state index in [1.165, 1.54) is 32.3 Å². The number of thiophene rings is 1. The summed E-state index contributed by atoms with van der Waals surface area (Å²) in [4.78, 5) is 31.8. The Balaban J connectivity index is 0.670. The zero-order valence-electron chi connectivity index (χ0n) is 53.3. The number of nitrogens with zero attached hydrogens (tertiary/aromatic N) is 7. The fraction of sp³-hybridized carbons (Fsp3) is 0. The van der Waals surface area contributed by atoms with Crippen molar-refractivity contribution in [3.8, 4) is 96.3 Å². The van der Waals surface area contributed by atoms with E-state index in [1.54, 1.807) is 11.3 Å². The minimum atomic E-state index is 0.511. The minimum absolute atomic E-state index is 0.511. The lowest BCUT2D eigenvalue weighted by molar-refractivity contribution is 0.668. The molecule has 0 fully saturated rings. The molecule has 15 aromatic carbocycles. The third kappa shape index (κ3) is 8.80. The van der Waals surface area contributed by atoms with Gasteiger partial charge >= 0.3 is 0 Å². The minimum Gasteiger partial charge on any atom is -0.456 e. The normalized spacial score (nSPS) is 12.0. The van der Waals surface area contributed by atoms with Crippen LogP contribution >= 0.6 is 11.3 Å². The maximum absolute atomic E-state index is 6.81. The van der Waals surface area contributed by atoms with Gasteiger partial charge in [0.25, 0.3) is 0 Å². The molecule has 0 unspecified atom stereocenters. The predicted molar refractivity (Wildman–Crippen MR) is 411 cm³/mol. The molecule has 21 rings (SSSR count). The first-order valence-electron chi connectivity index (χ1n) is 33.5. The smallest absolute Gasteiger partial charge is 0.238 e. The van der Waals surface area contributed by atoms with Crippen LogP contribution in [0.2, 0.25) is 0 Å². The van der Waals surface area contributed by atoms with Gasteiger partial charge in [-0.05, 0) is 138 Å². The molecular formula is C90H51N7O2S. The van der Waals surface area contributed by atoms with Crippen molar-refractivity contribution in [1.82, 2.24) is 34.5 Å². The summed E-state index contributed by atoms with van der Waals surface area (Å²) >= 11 is 1.75. The number of rotatable bonds is 9. The predicted octanol–water partition coefficient (Wildman–Crippen LogP) is 24.1. The molecule has 0 bridgehead atoms. The van der Waals surface area contributed by atoms with Gasteiger partial charge in [-0.2, -0.15) is 9.97 Å². The van der Waals surface area contributed by atoms with Crippen LogP contribution in [0.4, 0.5) is 0 Å². The molecule has 464 valence electrons. The van der Waals surface area contributed by atoms with Gasteiger partial charge in [0.15, 0.2) is 29.1 Å². The Kier molecular flexibility index (Phi) is 12.4. The maximum Gasteiger partial charge on any atom is 0.238 e. The highest BCUT2D eigenvalue weighted by atomic mass is 32.1. The molecule has 0 N–H and O–H groups in total. The quantitative estimate of drug-likeness (QED) is 0.132. The molecule has 0 saturated heterocycles. The topological polar surface area (TPSA) is 109 Å². The lowest BCUT2D eigenvalue weighted by Crippen LogP contribution is -2.06. The van der Waals surface area contributed by atoms with E-state index in [4.69, 9.17) is 38.7 Å². The first-order chi connectivity index (χ1) is 49.5. The van der Waals surface area contributed by atoms with E-state index in [0.717, 1.165) is 147 Å². The number of fused-ring (bicyclic) bond motifs is 18. The van der Waals surface area contributed by atoms with Crippen molar-refractivity contribution in [1.29, 1.82) is 0 Å². The monoisotopic (exact) mass is 1290 g/mol. The van der Waals surface area contributed by atoms with Gasteiger partial charge in [-0.1, -0.05) is 237 Å². The van der Waals surface area contributed by atoms with E-state index < -0.39 is 0 Å². The van der Waals surface area contributed by atoms with Crippen molar-refractivity contribution in [2.45, 2.75) is 0 Å². The lowest BCUT2D eigenvalue weighted by Gasteiger charge is -2.12. The summed E-state index contributed by atoms with van der Waals surface area (Å²) in [5.41, 5.74) is 16.1. The van der Waals surface area contributed by atoms with E-state index >= 15 is 0 Å². The molecule has 21 aromatic rings. The standard InChI is InChI=1S/C90H51N7O2S/c1-4-20-52(21-5-1)59-32-18-38-76-82(59)69-46-42-58(51-79(69)98-76)88-92-86(54-24-8-3-9-25-54)95-90(96-88)97-74-36-15-14-30-68(74)81-60(31-17-37-75(81)97)56-43-47-80-73(49-56)67-34-16-35-71(84(67)100-80)89-93-85(53-22-6-2-7-23-53)91-87(94-89)57-41-45-70-78(50-57)99-77-39-19-33-61(83(70)77)55-40-44-66-64-28-11-10-26-62(64)63-27-12-13-29-65(63)72(66)48-55/h1-51H. The van der Waals surface area contributed by atoms with E-state index in [2.05, 4.69) is 253 Å². The summed E-state index contributed by atoms with van der Waals surface area (Å²) in [7, 11) is 0. The van der Waals surface area contributed by atoms with E-state index in [1.807, 2.05) is 60.7 Å². The molecule has 10 heteroatoms. The summed E-state index contributed by atoms with van der Waals surface area (Å²) in [5.74, 6) is 3.35. The first-order valence-corrected chi connectivity index (χ1v) is 34.3. The Morgan fingerprint density at radius 2 is 0.640 bits per heavy atom. The largest absolute Gasteiger partial charge is 0.456 e. The van der Waals surface area contributed by atoms with Crippen molar-refractivity contribution in [2.24, 2.45) is 0 Å². The van der Waals surface area contributed by atoms with Crippen LogP contribution in [0.5, 0.6) is 0 Å². The van der Waals surface area contributed by atoms with E-state index in [-0.39, 0.29) is 0 Å². The Hall–Kier alpha value is -13.3. The molecule has 100 heavy (non-hydrogen) atoms. The highest BCUT2D eigenvalue weighted by molar-refractivity contribution is 7.26. The van der Waals surface area contributed by atoms with Crippen LogP contribution in [0.3, 0.4) is 0 Å². The summed E-state index contributed by atoms with van der Waals surface area (Å²) in [6, 6.07) is 109. The molecule has 0 radical (unpaired) electrons. The molecule has 9 nitrogen and oxygen atoms in total. The van der Waals surface area contributed by atoms with Gasteiger partial charge in [-0.3, -0.25) is 4.57 Å². The van der Waals surface area contributed by atoms with Crippen LogP contribution in [0.25, 0.3) is 214 Å². The van der Waals surface area contributed by atoms with E-state index in [0.29, 0.717) is 35.1 Å². The summed E-state index contributed by atoms with van der Waals surface area (Å²) in [6.07, 6.45) is 0. The highest BCUT2D eigenvalue weighted by Crippen LogP contribution is 2.47. The maximum atomic E-state index is 6.81. The van der Waals surface area contributed by atoms with Crippen LogP contribution in [0, 0.1) is 0 Å². The molecule has 0 saturated carbocycles. The Labute approximate surface area is 574 Å². The van der Waals surface area contributed by atoms with Crippen LogP contribution < -0.4 is 0 Å². The zero-order valence-corrected chi connectivity index (χ0v) is 54.1. The van der Waals surface area contributed by atoms with Crippen molar-refractivity contribution < 1.29 is 8.83 Å². The first kappa shape index (κ1) is 55.9. The molecule has 6 aromatic heterocycles. The fourth-order valence-electron chi connectivity index (χ4n) is 15.4. The number of furan rings is 2. The zero-order chi connectivity index (χ0) is 65.5. The van der Waals surface area contributed by atoms with Crippen LogP contribution in [-0.2, 0) is 0 Å². The molecule has 0 aliphatic carbocycles. The summed E-state index contributed by atoms with van der Waals surface area (Å²) < 4.78 is 17.9. The van der Waals surface area contributed by atoms with Gasteiger partial charge in [0.2, 0.25) is 5.95 Å². The Bertz CT molecular complexity index is 6940. The Morgan fingerprint density at radius 1 is 0.230 bits per heavy atom. The Morgan fingerprint density at radius 3 is 1.26 bits per heavy atom. The van der Waals surface area contributed by atoms with Gasteiger partial charge in [-0.15, -0.1) is 11.3 Å². The third-order valence-electron chi connectivity index (χ3n) is 19.9. The molecule has 0 aliphatic rings.